The zero-order chi connectivity index (χ0) is 21.1. The third kappa shape index (κ3) is 3.87. The Morgan fingerprint density at radius 2 is 1.70 bits per heavy atom. The largest absolute Gasteiger partial charge is 0.347 e. The van der Waals surface area contributed by atoms with Gasteiger partial charge in [0.15, 0.2) is 0 Å². The van der Waals surface area contributed by atoms with E-state index >= 15 is 0 Å². The molecule has 0 aromatic heterocycles. The van der Waals surface area contributed by atoms with Gasteiger partial charge in [-0.3, -0.25) is 4.79 Å². The highest BCUT2D eigenvalue weighted by Gasteiger charge is 2.54. The Kier molecular flexibility index (Phi) is 5.44. The van der Waals surface area contributed by atoms with Gasteiger partial charge < -0.3 is 15.5 Å². The molecule has 1 aliphatic carbocycles. The van der Waals surface area contributed by atoms with Gasteiger partial charge in [-0.05, 0) is 49.1 Å². The molecule has 1 aliphatic heterocycles. The maximum absolute atomic E-state index is 12.4. The van der Waals surface area contributed by atoms with Crippen LogP contribution in [0.15, 0.2) is 48.5 Å². The van der Waals surface area contributed by atoms with Crippen LogP contribution in [0.3, 0.4) is 0 Å². The van der Waals surface area contributed by atoms with Crippen LogP contribution in [-0.2, 0) is 11.3 Å². The Bertz CT molecular complexity index is 965. The van der Waals surface area contributed by atoms with Crippen LogP contribution in [-0.4, -0.2) is 28.4 Å². The van der Waals surface area contributed by atoms with Gasteiger partial charge in [0.25, 0.3) is 5.91 Å². The molecule has 4 rings (SSSR count). The first-order valence-corrected chi connectivity index (χ1v) is 10.3. The minimum absolute atomic E-state index is 0.293. The van der Waals surface area contributed by atoms with Crippen molar-refractivity contribution in [3.8, 4) is 0 Å². The number of nitrogens with zero attached hydrogens (tertiary/aromatic N) is 2. The summed E-state index contributed by atoms with van der Waals surface area (Å²) in [6.07, 6.45) is 4.31. The van der Waals surface area contributed by atoms with E-state index in [1.165, 1.54) is 0 Å². The Balaban J connectivity index is 1.41. The van der Waals surface area contributed by atoms with E-state index in [0.717, 1.165) is 36.1 Å². The Morgan fingerprint density at radius 3 is 2.40 bits per heavy atom. The van der Waals surface area contributed by atoms with Gasteiger partial charge in [0.2, 0.25) is 0 Å². The van der Waals surface area contributed by atoms with Crippen molar-refractivity contribution in [1.82, 2.24) is 10.2 Å². The minimum Gasteiger partial charge on any atom is -0.308 e. The number of amides is 5. The molecule has 1 saturated heterocycles. The summed E-state index contributed by atoms with van der Waals surface area (Å²) in [5.74, 6) is -0.293. The molecule has 155 valence electrons. The lowest BCUT2D eigenvalue weighted by molar-refractivity contribution is -0.128. The van der Waals surface area contributed by atoms with Gasteiger partial charge in [0.1, 0.15) is 5.54 Å². The minimum atomic E-state index is -0.764. The van der Waals surface area contributed by atoms with E-state index < -0.39 is 11.6 Å². The van der Waals surface area contributed by atoms with Crippen LogP contribution in [0.25, 0.3) is 0 Å². The van der Waals surface area contributed by atoms with Crippen LogP contribution in [0.2, 0.25) is 0 Å². The third-order valence-corrected chi connectivity index (χ3v) is 5.97. The van der Waals surface area contributed by atoms with Gasteiger partial charge in [-0.2, -0.15) is 5.32 Å². The number of hydrogen-bond acceptors (Lipinski definition) is 3. The first-order chi connectivity index (χ1) is 14.5. The van der Waals surface area contributed by atoms with Crippen molar-refractivity contribution < 1.29 is 14.4 Å². The van der Waals surface area contributed by atoms with Crippen LogP contribution in [0.1, 0.15) is 43.2 Å². The molecule has 2 aromatic rings. The molecule has 2 fully saturated rings. The zero-order valence-corrected chi connectivity index (χ0v) is 17.0. The molecule has 1 heterocycles. The SMILES string of the molecule is Cc1ccccc1NC(=O)Nc1ccc(CN2C(=O)[N]C(=O)C23CCCCC3)cc1. The third-order valence-electron chi connectivity index (χ3n) is 5.97. The Labute approximate surface area is 175 Å². The fraction of sp³-hybridized carbons (Fsp3) is 0.348. The number of benzene rings is 2. The standard InChI is InChI=1S/C23H25N4O3/c1-16-7-3-4-8-19(16)25-21(29)24-18-11-9-17(10-12-18)15-27-22(30)26-20(28)23(27)13-5-2-6-14-23/h3-4,7-12H,2,5-6,13-15H2,1H3,(H2,24,25,29). The van der Waals surface area contributed by atoms with Crippen LogP contribution in [0.5, 0.6) is 0 Å². The molecule has 0 unspecified atom stereocenters. The van der Waals surface area contributed by atoms with Gasteiger partial charge in [-0.1, -0.05) is 49.6 Å². The van der Waals surface area contributed by atoms with Crippen molar-refractivity contribution >= 4 is 29.3 Å². The number of nitrogens with one attached hydrogen (secondary N) is 2. The summed E-state index contributed by atoms with van der Waals surface area (Å²) < 4.78 is 0. The molecule has 0 atom stereocenters. The number of carbonyl (C=O) groups excluding carboxylic acids is 3. The number of rotatable bonds is 4. The first-order valence-electron chi connectivity index (χ1n) is 10.3. The molecule has 2 aromatic carbocycles. The van der Waals surface area contributed by atoms with E-state index in [1.807, 2.05) is 43.3 Å². The van der Waals surface area contributed by atoms with Crippen molar-refractivity contribution in [1.29, 1.82) is 0 Å². The quantitative estimate of drug-likeness (QED) is 0.738. The van der Waals surface area contributed by atoms with Crippen molar-refractivity contribution in [3.05, 3.63) is 59.7 Å². The summed E-state index contributed by atoms with van der Waals surface area (Å²) in [6, 6.07) is 14.1. The predicted octanol–water partition coefficient (Wildman–Crippen LogP) is 4.41. The molecule has 1 saturated carbocycles. The van der Waals surface area contributed by atoms with Gasteiger partial charge in [-0.25, -0.2) is 9.59 Å². The first kappa shape index (κ1) is 19.9. The molecular weight excluding hydrogens is 380 g/mol. The van der Waals surface area contributed by atoms with Crippen LogP contribution in [0.4, 0.5) is 21.0 Å². The van der Waals surface area contributed by atoms with E-state index in [4.69, 9.17) is 0 Å². The molecule has 1 radical (unpaired) electrons. The molecule has 2 N–H and O–H groups in total. The molecule has 0 bridgehead atoms. The van der Waals surface area contributed by atoms with Gasteiger partial charge in [-0.15, -0.1) is 0 Å². The molecular formula is C23H25N4O3. The van der Waals surface area contributed by atoms with Gasteiger partial charge in [0.05, 0.1) is 0 Å². The molecule has 5 amide bonds. The second-order valence-electron chi connectivity index (χ2n) is 7.97. The maximum atomic E-state index is 12.4. The highest BCUT2D eigenvalue weighted by atomic mass is 16.2. The van der Waals surface area contributed by atoms with E-state index in [1.54, 1.807) is 17.0 Å². The monoisotopic (exact) mass is 405 g/mol. The number of carbonyl (C=O) groups is 3. The average Bonchev–Trinajstić information content (AvgIpc) is 2.95. The Hall–Kier alpha value is -3.35. The predicted molar refractivity (Wildman–Crippen MR) is 114 cm³/mol. The van der Waals surface area contributed by atoms with Crippen molar-refractivity contribution in [3.63, 3.8) is 0 Å². The van der Waals surface area contributed by atoms with E-state index in [2.05, 4.69) is 16.0 Å². The lowest BCUT2D eigenvalue weighted by Gasteiger charge is -2.38. The van der Waals surface area contributed by atoms with Crippen molar-refractivity contribution in [2.24, 2.45) is 0 Å². The molecule has 7 nitrogen and oxygen atoms in total. The number of hydrogen-bond donors (Lipinski definition) is 2. The van der Waals surface area contributed by atoms with Crippen molar-refractivity contribution in [2.45, 2.75) is 51.1 Å². The number of imide groups is 1. The summed E-state index contributed by atoms with van der Waals surface area (Å²) in [7, 11) is 0. The summed E-state index contributed by atoms with van der Waals surface area (Å²) in [6.45, 7) is 2.27. The van der Waals surface area contributed by atoms with Crippen LogP contribution >= 0.6 is 0 Å². The van der Waals surface area contributed by atoms with Gasteiger partial charge >= 0.3 is 12.1 Å². The fourth-order valence-electron chi connectivity index (χ4n) is 4.26. The summed E-state index contributed by atoms with van der Waals surface area (Å²) in [5, 5.41) is 9.37. The van der Waals surface area contributed by atoms with Crippen LogP contribution < -0.4 is 16.0 Å². The van der Waals surface area contributed by atoms with Gasteiger partial charge in [0, 0.05) is 17.9 Å². The summed E-state index contributed by atoms with van der Waals surface area (Å²) in [4.78, 5) is 38.7. The normalized spacial score (nSPS) is 17.7. The lowest BCUT2D eigenvalue weighted by atomic mass is 9.80. The smallest absolute Gasteiger partial charge is 0.308 e. The highest BCUT2D eigenvalue weighted by molar-refractivity contribution is 6.06. The zero-order valence-electron chi connectivity index (χ0n) is 17.0. The molecule has 30 heavy (non-hydrogen) atoms. The number of para-hydroxylation sites is 1. The maximum Gasteiger partial charge on any atom is 0.347 e. The molecule has 1 spiro atoms. The highest BCUT2D eigenvalue weighted by Crippen LogP contribution is 2.38. The second kappa shape index (κ2) is 8.18. The van der Waals surface area contributed by atoms with E-state index in [0.29, 0.717) is 25.1 Å². The fourth-order valence-corrected chi connectivity index (χ4v) is 4.26. The number of aryl methyl sites for hydroxylation is 1. The summed E-state index contributed by atoms with van der Waals surface area (Å²) in [5.41, 5.74) is 2.51. The Morgan fingerprint density at radius 1 is 1.00 bits per heavy atom. The average molecular weight is 405 g/mol. The molecule has 2 aliphatic rings. The topological polar surface area (TPSA) is 92.6 Å². The summed E-state index contributed by atoms with van der Waals surface area (Å²) >= 11 is 0. The van der Waals surface area contributed by atoms with E-state index in [9.17, 15) is 14.4 Å². The lowest BCUT2D eigenvalue weighted by Crippen LogP contribution is -2.50. The van der Waals surface area contributed by atoms with Crippen molar-refractivity contribution in [2.75, 3.05) is 10.6 Å². The van der Waals surface area contributed by atoms with E-state index in [-0.39, 0.29) is 11.9 Å². The second-order valence-corrected chi connectivity index (χ2v) is 7.97. The molecule has 7 heteroatoms. The number of anilines is 2. The van der Waals surface area contributed by atoms with Crippen LogP contribution in [0, 0.1) is 6.92 Å². The number of urea groups is 2.